The van der Waals surface area contributed by atoms with Crippen molar-refractivity contribution < 1.29 is 4.79 Å². The molecule has 0 bridgehead atoms. The lowest BCUT2D eigenvalue weighted by Gasteiger charge is -2.07. The summed E-state index contributed by atoms with van der Waals surface area (Å²) in [6.45, 7) is 3.65. The number of anilines is 1. The molecule has 1 N–H and O–H groups in total. The van der Waals surface area contributed by atoms with Gasteiger partial charge in [-0.05, 0) is 0 Å². The third-order valence-corrected chi connectivity index (χ3v) is 2.20. The summed E-state index contributed by atoms with van der Waals surface area (Å²) < 4.78 is 1.74. The summed E-state index contributed by atoms with van der Waals surface area (Å²) >= 11 is 0. The number of hydrogen-bond donors (Lipinski definition) is 1. The van der Waals surface area contributed by atoms with Crippen molar-refractivity contribution >= 4 is 11.7 Å². The fourth-order valence-corrected chi connectivity index (χ4v) is 1.22. The summed E-state index contributed by atoms with van der Waals surface area (Å²) in [7, 11) is 0. The highest BCUT2D eigenvalue weighted by molar-refractivity contribution is 5.91. The zero-order chi connectivity index (χ0) is 12.3. The Morgan fingerprint density at radius 2 is 2.24 bits per heavy atom. The average Bonchev–Trinajstić information content (AvgIpc) is 2.82. The number of aromatic nitrogens is 4. The number of amides is 1. The molecule has 6 nitrogen and oxygen atoms in total. The van der Waals surface area contributed by atoms with E-state index < -0.39 is 0 Å². The zero-order valence-corrected chi connectivity index (χ0v) is 9.66. The van der Waals surface area contributed by atoms with Crippen molar-refractivity contribution in [3.05, 3.63) is 31.1 Å². The molecule has 17 heavy (non-hydrogen) atoms. The molecular formula is C11H13N5O. The van der Waals surface area contributed by atoms with Gasteiger partial charge in [0.2, 0.25) is 5.91 Å². The molecule has 1 amide bonds. The number of hydrogen-bond acceptors (Lipinski definition) is 4. The maximum atomic E-state index is 11.5. The normalized spacial score (nSPS) is 10.5. The highest BCUT2D eigenvalue weighted by atomic mass is 16.1. The van der Waals surface area contributed by atoms with E-state index >= 15 is 0 Å². The van der Waals surface area contributed by atoms with Crippen LogP contribution in [-0.2, 0) is 4.79 Å². The number of rotatable bonds is 3. The lowest BCUT2D eigenvalue weighted by molar-refractivity contribution is -0.118. The monoisotopic (exact) mass is 231 g/mol. The van der Waals surface area contributed by atoms with Crippen LogP contribution in [0.4, 0.5) is 5.82 Å². The second-order valence-electron chi connectivity index (χ2n) is 3.88. The molecule has 0 saturated carbocycles. The fraction of sp³-hybridized carbons (Fsp3) is 0.273. The molecule has 6 heteroatoms. The van der Waals surface area contributed by atoms with E-state index in [0.717, 1.165) is 0 Å². The standard InChI is InChI=1S/C11H13N5O/c1-8(2)11(17)15-9-5-10(14-6-13-9)16-4-3-12-7-16/h3-8H,1-2H3,(H,13,14,15,17). The highest BCUT2D eigenvalue weighted by Crippen LogP contribution is 2.09. The van der Waals surface area contributed by atoms with Crippen LogP contribution in [0, 0.1) is 5.92 Å². The van der Waals surface area contributed by atoms with Gasteiger partial charge in [-0.3, -0.25) is 9.36 Å². The van der Waals surface area contributed by atoms with Gasteiger partial charge in [0.25, 0.3) is 0 Å². The van der Waals surface area contributed by atoms with E-state index in [4.69, 9.17) is 0 Å². The van der Waals surface area contributed by atoms with Crippen LogP contribution in [0.25, 0.3) is 5.82 Å². The van der Waals surface area contributed by atoms with Gasteiger partial charge in [-0.15, -0.1) is 0 Å². The van der Waals surface area contributed by atoms with E-state index in [1.54, 1.807) is 29.4 Å². The molecule has 2 aromatic rings. The van der Waals surface area contributed by atoms with Crippen LogP contribution in [0.2, 0.25) is 0 Å². The van der Waals surface area contributed by atoms with Crippen LogP contribution in [0.15, 0.2) is 31.1 Å². The first-order valence-electron chi connectivity index (χ1n) is 5.28. The Balaban J connectivity index is 2.20. The Bertz CT molecular complexity index is 506. The third-order valence-electron chi connectivity index (χ3n) is 2.20. The molecule has 0 radical (unpaired) electrons. The molecule has 0 aliphatic carbocycles. The second-order valence-corrected chi connectivity index (χ2v) is 3.88. The zero-order valence-electron chi connectivity index (χ0n) is 9.66. The van der Waals surface area contributed by atoms with Gasteiger partial charge in [-0.1, -0.05) is 13.8 Å². The van der Waals surface area contributed by atoms with Gasteiger partial charge in [-0.2, -0.15) is 0 Å². The molecule has 0 spiro atoms. The minimum Gasteiger partial charge on any atom is -0.310 e. The van der Waals surface area contributed by atoms with Crippen molar-refractivity contribution in [3.63, 3.8) is 0 Å². The lowest BCUT2D eigenvalue weighted by Crippen LogP contribution is -2.18. The summed E-state index contributed by atoms with van der Waals surface area (Å²) in [5.74, 6) is 1.00. The SMILES string of the molecule is CC(C)C(=O)Nc1cc(-n2ccnc2)ncn1. The summed E-state index contributed by atoms with van der Waals surface area (Å²) in [6.07, 6.45) is 6.48. The molecule has 0 aromatic carbocycles. The number of nitrogens with zero attached hydrogens (tertiary/aromatic N) is 4. The molecule has 0 unspecified atom stereocenters. The van der Waals surface area contributed by atoms with Crippen molar-refractivity contribution in [2.45, 2.75) is 13.8 Å². The first-order chi connectivity index (χ1) is 8.16. The Morgan fingerprint density at radius 1 is 1.41 bits per heavy atom. The molecule has 0 atom stereocenters. The van der Waals surface area contributed by atoms with E-state index in [0.29, 0.717) is 11.6 Å². The second kappa shape index (κ2) is 4.73. The van der Waals surface area contributed by atoms with Gasteiger partial charge in [0, 0.05) is 24.4 Å². The van der Waals surface area contributed by atoms with Crippen LogP contribution < -0.4 is 5.32 Å². The highest BCUT2D eigenvalue weighted by Gasteiger charge is 2.08. The largest absolute Gasteiger partial charge is 0.310 e. The van der Waals surface area contributed by atoms with Crippen molar-refractivity contribution in [2.24, 2.45) is 5.92 Å². The van der Waals surface area contributed by atoms with E-state index in [2.05, 4.69) is 20.3 Å². The van der Waals surface area contributed by atoms with Crippen LogP contribution in [0.1, 0.15) is 13.8 Å². The predicted octanol–water partition coefficient (Wildman–Crippen LogP) is 1.26. The van der Waals surface area contributed by atoms with Crippen LogP contribution in [0.3, 0.4) is 0 Å². The summed E-state index contributed by atoms with van der Waals surface area (Å²) in [5, 5.41) is 2.72. The van der Waals surface area contributed by atoms with E-state index in [1.165, 1.54) is 6.33 Å². The molecule has 2 aromatic heterocycles. The maximum absolute atomic E-state index is 11.5. The predicted molar refractivity (Wildman–Crippen MR) is 62.6 cm³/mol. The number of carbonyl (C=O) groups is 1. The minimum absolute atomic E-state index is 0.0692. The Hall–Kier alpha value is -2.24. The van der Waals surface area contributed by atoms with Crippen molar-refractivity contribution in [1.82, 2.24) is 19.5 Å². The molecule has 2 rings (SSSR count). The Labute approximate surface area is 98.7 Å². The van der Waals surface area contributed by atoms with Crippen molar-refractivity contribution in [3.8, 4) is 5.82 Å². The fourth-order valence-electron chi connectivity index (χ4n) is 1.22. The Morgan fingerprint density at radius 3 is 2.88 bits per heavy atom. The smallest absolute Gasteiger partial charge is 0.228 e. The molecule has 0 aliphatic heterocycles. The van der Waals surface area contributed by atoms with Crippen molar-refractivity contribution in [2.75, 3.05) is 5.32 Å². The van der Waals surface area contributed by atoms with Gasteiger partial charge in [0.15, 0.2) is 0 Å². The van der Waals surface area contributed by atoms with Gasteiger partial charge in [-0.25, -0.2) is 15.0 Å². The van der Waals surface area contributed by atoms with Crippen LogP contribution in [-0.4, -0.2) is 25.4 Å². The van der Waals surface area contributed by atoms with Crippen molar-refractivity contribution in [1.29, 1.82) is 0 Å². The summed E-state index contributed by atoms with van der Waals surface area (Å²) in [5.41, 5.74) is 0. The van der Waals surface area contributed by atoms with E-state index in [1.807, 2.05) is 13.8 Å². The quantitative estimate of drug-likeness (QED) is 0.863. The van der Waals surface area contributed by atoms with Crippen LogP contribution >= 0.6 is 0 Å². The van der Waals surface area contributed by atoms with E-state index in [9.17, 15) is 4.79 Å². The summed E-state index contributed by atoms with van der Waals surface area (Å²) in [4.78, 5) is 23.5. The number of imidazole rings is 1. The molecule has 0 fully saturated rings. The minimum atomic E-state index is -0.0818. The molecule has 2 heterocycles. The first-order valence-corrected chi connectivity index (χ1v) is 5.28. The third kappa shape index (κ3) is 2.66. The van der Waals surface area contributed by atoms with Crippen LogP contribution in [0.5, 0.6) is 0 Å². The average molecular weight is 231 g/mol. The lowest BCUT2D eigenvalue weighted by atomic mass is 10.2. The van der Waals surface area contributed by atoms with E-state index in [-0.39, 0.29) is 11.8 Å². The Kier molecular flexibility index (Phi) is 3.13. The van der Waals surface area contributed by atoms with Gasteiger partial charge < -0.3 is 5.32 Å². The summed E-state index contributed by atoms with van der Waals surface area (Å²) in [6, 6.07) is 1.70. The van der Waals surface area contributed by atoms with Gasteiger partial charge in [0.1, 0.15) is 24.3 Å². The number of nitrogens with one attached hydrogen (secondary N) is 1. The maximum Gasteiger partial charge on any atom is 0.228 e. The topological polar surface area (TPSA) is 72.7 Å². The molecule has 88 valence electrons. The molecular weight excluding hydrogens is 218 g/mol. The first kappa shape index (κ1) is 11.3. The number of carbonyl (C=O) groups excluding carboxylic acids is 1. The molecule has 0 saturated heterocycles. The molecule has 0 aliphatic rings. The van der Waals surface area contributed by atoms with Gasteiger partial charge in [0.05, 0.1) is 0 Å². The van der Waals surface area contributed by atoms with Gasteiger partial charge >= 0.3 is 0 Å².